The maximum atomic E-state index is 6.26. The van der Waals surface area contributed by atoms with Crippen LogP contribution in [0.4, 0.5) is 0 Å². The number of aryl methyl sites for hydroxylation is 1. The lowest BCUT2D eigenvalue weighted by molar-refractivity contribution is 0.152. The molecular weight excluding hydrogens is 326 g/mol. The number of ether oxygens (including phenoxy) is 1. The summed E-state index contributed by atoms with van der Waals surface area (Å²) in [4.78, 5) is 0. The van der Waals surface area contributed by atoms with E-state index in [0.717, 1.165) is 23.2 Å². The molecule has 0 saturated heterocycles. The Morgan fingerprint density at radius 3 is 2.86 bits per heavy atom. The van der Waals surface area contributed by atoms with Crippen molar-refractivity contribution in [3.8, 4) is 5.75 Å². The molecule has 0 radical (unpaired) electrons. The van der Waals surface area contributed by atoms with Gasteiger partial charge in [-0.25, -0.2) is 0 Å². The molecule has 0 bridgehead atoms. The zero-order chi connectivity index (χ0) is 14.8. The standard InChI is InChI=1S/C18H20BrNO/c1-3-20-16-11-17(13-6-4-5-12(2)9-13)21-18-10-14(19)7-8-15(16)18/h4-10,16-17,20H,3,11H2,1-2H3. The average Bonchev–Trinajstić information content (AvgIpc) is 2.47. The minimum Gasteiger partial charge on any atom is -0.485 e. The van der Waals surface area contributed by atoms with Crippen molar-refractivity contribution in [1.29, 1.82) is 0 Å². The van der Waals surface area contributed by atoms with Crippen molar-refractivity contribution >= 4 is 15.9 Å². The van der Waals surface area contributed by atoms with E-state index in [0.29, 0.717) is 6.04 Å². The van der Waals surface area contributed by atoms with Gasteiger partial charge in [0.05, 0.1) is 0 Å². The Morgan fingerprint density at radius 1 is 1.24 bits per heavy atom. The SMILES string of the molecule is CCNC1CC(c2cccc(C)c2)Oc2cc(Br)ccc21. The molecule has 2 unspecified atom stereocenters. The molecule has 1 aliphatic rings. The summed E-state index contributed by atoms with van der Waals surface area (Å²) in [5, 5.41) is 3.58. The van der Waals surface area contributed by atoms with Gasteiger partial charge < -0.3 is 10.1 Å². The summed E-state index contributed by atoms with van der Waals surface area (Å²) >= 11 is 3.54. The molecule has 3 heteroatoms. The van der Waals surface area contributed by atoms with Crippen LogP contribution in [-0.4, -0.2) is 6.54 Å². The molecule has 3 rings (SSSR count). The number of nitrogens with one attached hydrogen (secondary N) is 1. The number of benzene rings is 2. The first-order chi connectivity index (χ1) is 10.2. The van der Waals surface area contributed by atoms with Crippen LogP contribution in [0.2, 0.25) is 0 Å². The Bertz CT molecular complexity index is 641. The highest BCUT2D eigenvalue weighted by atomic mass is 79.9. The van der Waals surface area contributed by atoms with Gasteiger partial charge in [-0.05, 0) is 31.2 Å². The van der Waals surface area contributed by atoms with E-state index in [1.54, 1.807) is 0 Å². The molecule has 0 saturated carbocycles. The summed E-state index contributed by atoms with van der Waals surface area (Å²) in [6, 6.07) is 15.3. The molecule has 2 aromatic carbocycles. The van der Waals surface area contributed by atoms with Gasteiger partial charge in [0, 0.05) is 22.5 Å². The van der Waals surface area contributed by atoms with Crippen LogP contribution < -0.4 is 10.1 Å². The number of rotatable bonds is 3. The monoisotopic (exact) mass is 345 g/mol. The van der Waals surface area contributed by atoms with E-state index in [9.17, 15) is 0 Å². The Hall–Kier alpha value is -1.32. The van der Waals surface area contributed by atoms with Crippen LogP contribution in [0.3, 0.4) is 0 Å². The Balaban J connectivity index is 1.96. The molecule has 110 valence electrons. The summed E-state index contributed by atoms with van der Waals surface area (Å²) in [6.07, 6.45) is 1.07. The van der Waals surface area contributed by atoms with Gasteiger partial charge in [0.2, 0.25) is 0 Å². The largest absolute Gasteiger partial charge is 0.485 e. The molecular formula is C18H20BrNO. The van der Waals surface area contributed by atoms with Gasteiger partial charge in [0.25, 0.3) is 0 Å². The molecule has 1 heterocycles. The molecule has 1 aliphatic heterocycles. The van der Waals surface area contributed by atoms with Crippen molar-refractivity contribution in [3.63, 3.8) is 0 Å². The van der Waals surface area contributed by atoms with Gasteiger partial charge in [-0.15, -0.1) is 0 Å². The molecule has 2 atom stereocenters. The molecule has 0 aromatic heterocycles. The van der Waals surface area contributed by atoms with E-state index in [2.05, 4.69) is 77.6 Å². The predicted octanol–water partition coefficient (Wildman–Crippen LogP) is 4.93. The number of fused-ring (bicyclic) bond motifs is 1. The van der Waals surface area contributed by atoms with E-state index in [1.807, 2.05) is 0 Å². The fourth-order valence-corrected chi connectivity index (χ4v) is 3.29. The molecule has 2 aromatic rings. The molecule has 0 amide bonds. The fraction of sp³-hybridized carbons (Fsp3) is 0.333. The first-order valence-electron chi connectivity index (χ1n) is 7.43. The van der Waals surface area contributed by atoms with Crippen LogP contribution >= 0.6 is 15.9 Å². The maximum Gasteiger partial charge on any atom is 0.126 e. The number of halogens is 1. The molecule has 0 aliphatic carbocycles. The highest BCUT2D eigenvalue weighted by Gasteiger charge is 2.28. The van der Waals surface area contributed by atoms with Crippen molar-refractivity contribution in [2.45, 2.75) is 32.4 Å². The zero-order valence-corrected chi connectivity index (χ0v) is 14.0. The maximum absolute atomic E-state index is 6.26. The first kappa shape index (κ1) is 14.6. The fourth-order valence-electron chi connectivity index (χ4n) is 2.95. The Labute approximate surface area is 134 Å². The molecule has 0 spiro atoms. The van der Waals surface area contributed by atoms with E-state index < -0.39 is 0 Å². The predicted molar refractivity (Wildman–Crippen MR) is 89.7 cm³/mol. The molecule has 1 N–H and O–H groups in total. The third-order valence-corrected chi connectivity index (χ3v) is 4.43. The van der Waals surface area contributed by atoms with E-state index >= 15 is 0 Å². The zero-order valence-electron chi connectivity index (χ0n) is 12.4. The van der Waals surface area contributed by atoms with Gasteiger partial charge in [0.15, 0.2) is 0 Å². The second kappa shape index (κ2) is 6.20. The summed E-state index contributed by atoms with van der Waals surface area (Å²) in [5.41, 5.74) is 3.78. The van der Waals surface area contributed by atoms with Crippen LogP contribution in [-0.2, 0) is 0 Å². The van der Waals surface area contributed by atoms with Gasteiger partial charge in [0.1, 0.15) is 11.9 Å². The van der Waals surface area contributed by atoms with Crippen LogP contribution in [0.5, 0.6) is 5.75 Å². The second-order valence-corrected chi connectivity index (χ2v) is 6.46. The van der Waals surface area contributed by atoms with Crippen molar-refractivity contribution in [2.75, 3.05) is 6.54 Å². The van der Waals surface area contributed by atoms with E-state index in [4.69, 9.17) is 4.74 Å². The molecule has 2 nitrogen and oxygen atoms in total. The Kier molecular flexibility index (Phi) is 4.32. The van der Waals surface area contributed by atoms with Gasteiger partial charge in [-0.2, -0.15) is 0 Å². The summed E-state index contributed by atoms with van der Waals surface area (Å²) < 4.78 is 7.32. The average molecular weight is 346 g/mol. The minimum atomic E-state index is 0.107. The van der Waals surface area contributed by atoms with Gasteiger partial charge in [-0.1, -0.05) is 58.7 Å². The highest BCUT2D eigenvalue weighted by Crippen LogP contribution is 2.41. The van der Waals surface area contributed by atoms with Crippen LogP contribution in [0.15, 0.2) is 46.9 Å². The van der Waals surface area contributed by atoms with Crippen molar-refractivity contribution in [3.05, 3.63) is 63.6 Å². The third kappa shape index (κ3) is 3.14. The normalized spacial score (nSPS) is 20.7. The van der Waals surface area contributed by atoms with Crippen molar-refractivity contribution in [2.24, 2.45) is 0 Å². The first-order valence-corrected chi connectivity index (χ1v) is 8.22. The third-order valence-electron chi connectivity index (χ3n) is 3.93. The summed E-state index contributed by atoms with van der Waals surface area (Å²) in [6.45, 7) is 5.23. The highest BCUT2D eigenvalue weighted by molar-refractivity contribution is 9.10. The Morgan fingerprint density at radius 2 is 2.10 bits per heavy atom. The van der Waals surface area contributed by atoms with E-state index in [-0.39, 0.29) is 6.10 Å². The summed E-state index contributed by atoms with van der Waals surface area (Å²) in [5.74, 6) is 0.980. The quantitative estimate of drug-likeness (QED) is 0.851. The van der Waals surface area contributed by atoms with E-state index in [1.165, 1.54) is 16.7 Å². The van der Waals surface area contributed by atoms with Crippen LogP contribution in [0.1, 0.15) is 42.2 Å². The molecule has 21 heavy (non-hydrogen) atoms. The van der Waals surface area contributed by atoms with Gasteiger partial charge in [-0.3, -0.25) is 0 Å². The summed E-state index contributed by atoms with van der Waals surface area (Å²) in [7, 11) is 0. The van der Waals surface area contributed by atoms with Crippen LogP contribution in [0.25, 0.3) is 0 Å². The molecule has 0 fully saturated rings. The smallest absolute Gasteiger partial charge is 0.126 e. The second-order valence-electron chi connectivity index (χ2n) is 5.55. The minimum absolute atomic E-state index is 0.107. The van der Waals surface area contributed by atoms with Gasteiger partial charge >= 0.3 is 0 Å². The van der Waals surface area contributed by atoms with Crippen molar-refractivity contribution in [1.82, 2.24) is 5.32 Å². The lowest BCUT2D eigenvalue weighted by atomic mass is 9.92. The topological polar surface area (TPSA) is 21.3 Å². The lowest BCUT2D eigenvalue weighted by Crippen LogP contribution is -2.29. The van der Waals surface area contributed by atoms with Crippen molar-refractivity contribution < 1.29 is 4.74 Å². The lowest BCUT2D eigenvalue weighted by Gasteiger charge is -2.33. The number of hydrogen-bond acceptors (Lipinski definition) is 2. The number of hydrogen-bond donors (Lipinski definition) is 1. The van der Waals surface area contributed by atoms with Crippen LogP contribution in [0, 0.1) is 6.92 Å².